The summed E-state index contributed by atoms with van der Waals surface area (Å²) in [6.07, 6.45) is 12.4. The highest BCUT2D eigenvalue weighted by atomic mass is 16.2. The summed E-state index contributed by atoms with van der Waals surface area (Å²) in [6.45, 7) is 5.59. The molecule has 31 heavy (non-hydrogen) atoms. The summed E-state index contributed by atoms with van der Waals surface area (Å²) in [7, 11) is 0. The lowest BCUT2D eigenvalue weighted by molar-refractivity contribution is 0.0523. The Labute approximate surface area is 184 Å². The number of hydrogen-bond donors (Lipinski definition) is 0. The quantitative estimate of drug-likeness (QED) is 0.643. The monoisotopic (exact) mass is 417 g/mol. The molecule has 2 fully saturated rings. The first-order valence-electron chi connectivity index (χ1n) is 11.5. The van der Waals surface area contributed by atoms with Crippen LogP contribution in [0.2, 0.25) is 0 Å². The van der Waals surface area contributed by atoms with E-state index in [1.165, 1.54) is 32.1 Å². The van der Waals surface area contributed by atoms with Crippen molar-refractivity contribution in [3.05, 3.63) is 66.1 Å². The number of nitrogens with zero attached hydrogens (tertiary/aromatic N) is 5. The molecular weight excluding hydrogens is 386 g/mol. The number of aryl methyl sites for hydroxylation is 1. The highest BCUT2D eigenvalue weighted by molar-refractivity contribution is 5.97. The molecule has 2 aliphatic rings. The molecule has 0 N–H and O–H groups in total. The SMILES string of the molecule is Cc1cccc(-n2ncc(C(=O)N3CCN(C4CCCCC4)CC3)c2-n2cccc2)c1. The fraction of sp³-hybridized carbons (Fsp3) is 0.440. The van der Waals surface area contributed by atoms with Gasteiger partial charge in [-0.15, -0.1) is 0 Å². The van der Waals surface area contributed by atoms with E-state index in [9.17, 15) is 4.79 Å². The van der Waals surface area contributed by atoms with Crippen LogP contribution in [0, 0.1) is 6.92 Å². The zero-order valence-corrected chi connectivity index (χ0v) is 18.3. The second-order valence-corrected chi connectivity index (χ2v) is 8.84. The van der Waals surface area contributed by atoms with Gasteiger partial charge in [0.1, 0.15) is 5.56 Å². The number of amides is 1. The number of hydrogen-bond acceptors (Lipinski definition) is 3. The smallest absolute Gasteiger partial charge is 0.259 e. The number of piperazine rings is 1. The molecule has 1 aliphatic heterocycles. The van der Waals surface area contributed by atoms with Crippen molar-refractivity contribution in [2.24, 2.45) is 0 Å². The van der Waals surface area contributed by atoms with Crippen molar-refractivity contribution in [3.63, 3.8) is 0 Å². The molecule has 1 aromatic carbocycles. The van der Waals surface area contributed by atoms with Gasteiger partial charge < -0.3 is 9.47 Å². The van der Waals surface area contributed by atoms with Crippen molar-refractivity contribution in [3.8, 4) is 11.5 Å². The summed E-state index contributed by atoms with van der Waals surface area (Å²) in [5, 5.41) is 4.63. The van der Waals surface area contributed by atoms with Crippen LogP contribution in [0.3, 0.4) is 0 Å². The van der Waals surface area contributed by atoms with Crippen molar-refractivity contribution in [2.75, 3.05) is 26.2 Å². The molecule has 0 unspecified atom stereocenters. The van der Waals surface area contributed by atoms with E-state index in [0.29, 0.717) is 11.6 Å². The molecule has 0 radical (unpaired) electrons. The molecule has 0 atom stereocenters. The van der Waals surface area contributed by atoms with Crippen LogP contribution in [-0.4, -0.2) is 62.3 Å². The van der Waals surface area contributed by atoms with E-state index in [-0.39, 0.29) is 5.91 Å². The third kappa shape index (κ3) is 4.04. The van der Waals surface area contributed by atoms with E-state index in [1.807, 2.05) is 50.8 Å². The molecule has 6 heteroatoms. The third-order valence-electron chi connectivity index (χ3n) is 6.76. The van der Waals surface area contributed by atoms with Gasteiger partial charge in [0.2, 0.25) is 0 Å². The lowest BCUT2D eigenvalue weighted by atomic mass is 9.94. The summed E-state index contributed by atoms with van der Waals surface area (Å²) in [5.41, 5.74) is 2.78. The Bertz CT molecular complexity index is 1020. The fourth-order valence-corrected chi connectivity index (χ4v) is 5.07. The van der Waals surface area contributed by atoms with Crippen LogP contribution in [0.4, 0.5) is 0 Å². The van der Waals surface area contributed by atoms with Gasteiger partial charge in [-0.25, -0.2) is 4.68 Å². The number of rotatable bonds is 4. The van der Waals surface area contributed by atoms with Gasteiger partial charge in [-0.1, -0.05) is 31.4 Å². The van der Waals surface area contributed by atoms with Gasteiger partial charge in [0, 0.05) is 44.6 Å². The van der Waals surface area contributed by atoms with E-state index < -0.39 is 0 Å². The zero-order chi connectivity index (χ0) is 21.2. The molecule has 0 bridgehead atoms. The Hall–Kier alpha value is -2.86. The number of benzene rings is 1. The standard InChI is InChI=1S/C25H31N5O/c1-20-8-7-11-22(18-20)30-24(28-12-5-6-13-28)23(19-26-30)25(31)29-16-14-27(15-17-29)21-9-3-2-4-10-21/h5-8,11-13,18-19,21H,2-4,9-10,14-17H2,1H3. The third-order valence-corrected chi connectivity index (χ3v) is 6.76. The summed E-state index contributed by atoms with van der Waals surface area (Å²) >= 11 is 0. The molecule has 5 rings (SSSR count). The zero-order valence-electron chi connectivity index (χ0n) is 18.3. The van der Waals surface area contributed by atoms with Crippen LogP contribution in [0.15, 0.2) is 55.0 Å². The molecule has 3 heterocycles. The average molecular weight is 418 g/mol. The Morgan fingerprint density at radius 1 is 0.968 bits per heavy atom. The minimum Gasteiger partial charge on any atom is -0.336 e. The summed E-state index contributed by atoms with van der Waals surface area (Å²) < 4.78 is 3.86. The van der Waals surface area contributed by atoms with Crippen molar-refractivity contribution >= 4 is 5.91 Å². The first-order chi connectivity index (χ1) is 15.2. The molecule has 6 nitrogen and oxygen atoms in total. The molecule has 1 amide bonds. The van der Waals surface area contributed by atoms with Crippen LogP contribution in [0.25, 0.3) is 11.5 Å². The normalized spacial score (nSPS) is 18.4. The highest BCUT2D eigenvalue weighted by Crippen LogP contribution is 2.25. The molecule has 3 aromatic rings. The number of aromatic nitrogens is 3. The largest absolute Gasteiger partial charge is 0.336 e. The van der Waals surface area contributed by atoms with Crippen molar-refractivity contribution in [1.82, 2.24) is 24.1 Å². The summed E-state index contributed by atoms with van der Waals surface area (Å²) in [6, 6.07) is 12.9. The summed E-state index contributed by atoms with van der Waals surface area (Å²) in [4.78, 5) is 18.2. The van der Waals surface area contributed by atoms with E-state index in [4.69, 9.17) is 0 Å². The predicted octanol–water partition coefficient (Wildman–Crippen LogP) is 4.06. The number of carbonyl (C=O) groups is 1. The van der Waals surface area contributed by atoms with Gasteiger partial charge in [-0.05, 0) is 49.6 Å². The maximum atomic E-state index is 13.6. The highest BCUT2D eigenvalue weighted by Gasteiger charge is 2.30. The lowest BCUT2D eigenvalue weighted by Crippen LogP contribution is -2.52. The maximum absolute atomic E-state index is 13.6. The Kier molecular flexibility index (Phi) is 5.64. The average Bonchev–Trinajstić information content (AvgIpc) is 3.49. The molecule has 0 spiro atoms. The Morgan fingerprint density at radius 2 is 1.71 bits per heavy atom. The van der Waals surface area contributed by atoms with Crippen molar-refractivity contribution in [2.45, 2.75) is 45.1 Å². The van der Waals surface area contributed by atoms with E-state index in [0.717, 1.165) is 43.2 Å². The van der Waals surface area contributed by atoms with Crippen molar-refractivity contribution in [1.29, 1.82) is 0 Å². The van der Waals surface area contributed by atoms with Gasteiger partial charge in [0.15, 0.2) is 5.82 Å². The lowest BCUT2D eigenvalue weighted by Gasteiger charge is -2.40. The van der Waals surface area contributed by atoms with Crippen LogP contribution in [0.5, 0.6) is 0 Å². The minimum absolute atomic E-state index is 0.0749. The van der Waals surface area contributed by atoms with Crippen LogP contribution in [0.1, 0.15) is 48.0 Å². The Morgan fingerprint density at radius 3 is 2.42 bits per heavy atom. The predicted molar refractivity (Wildman–Crippen MR) is 122 cm³/mol. The Balaban J connectivity index is 1.39. The van der Waals surface area contributed by atoms with E-state index in [1.54, 1.807) is 6.20 Å². The van der Waals surface area contributed by atoms with Gasteiger partial charge in [-0.2, -0.15) is 5.10 Å². The molecule has 1 saturated heterocycles. The fourth-order valence-electron chi connectivity index (χ4n) is 5.07. The second-order valence-electron chi connectivity index (χ2n) is 8.84. The van der Waals surface area contributed by atoms with E-state index >= 15 is 0 Å². The van der Waals surface area contributed by atoms with Crippen molar-refractivity contribution < 1.29 is 4.79 Å². The van der Waals surface area contributed by atoms with Crippen LogP contribution in [-0.2, 0) is 0 Å². The van der Waals surface area contributed by atoms with E-state index in [2.05, 4.69) is 29.1 Å². The topological polar surface area (TPSA) is 46.3 Å². The van der Waals surface area contributed by atoms with Crippen LogP contribution >= 0.6 is 0 Å². The molecule has 162 valence electrons. The molecule has 1 saturated carbocycles. The minimum atomic E-state index is 0.0749. The van der Waals surface area contributed by atoms with Gasteiger partial charge in [-0.3, -0.25) is 9.69 Å². The second kappa shape index (κ2) is 8.71. The molecule has 2 aromatic heterocycles. The van der Waals surface area contributed by atoms with Gasteiger partial charge >= 0.3 is 0 Å². The van der Waals surface area contributed by atoms with Gasteiger partial charge in [0.25, 0.3) is 5.91 Å². The maximum Gasteiger partial charge on any atom is 0.259 e. The van der Waals surface area contributed by atoms with Crippen LogP contribution < -0.4 is 0 Å². The van der Waals surface area contributed by atoms with Gasteiger partial charge in [0.05, 0.1) is 11.9 Å². The first-order valence-corrected chi connectivity index (χ1v) is 11.5. The molecule has 1 aliphatic carbocycles. The number of carbonyl (C=O) groups excluding carboxylic acids is 1. The first kappa shape index (κ1) is 20.1. The molecular formula is C25H31N5O. The summed E-state index contributed by atoms with van der Waals surface area (Å²) in [5.74, 6) is 0.876.